The first-order valence-corrected chi connectivity index (χ1v) is 15.9. The van der Waals surface area contributed by atoms with Gasteiger partial charge in [0.1, 0.15) is 6.04 Å². The molecule has 0 aromatic rings. The Kier molecular flexibility index (Phi) is 10.1. The highest BCUT2D eigenvalue weighted by Crippen LogP contribution is 2.68. The zero-order valence-corrected chi connectivity index (χ0v) is 26.9. The van der Waals surface area contributed by atoms with Crippen LogP contribution in [0.3, 0.4) is 0 Å². The molecular weight excluding hydrogens is 580 g/mol. The number of aliphatic hydroxyl groups excluding tert-OH is 1. The zero-order valence-electron chi connectivity index (χ0n) is 24.5. The van der Waals surface area contributed by atoms with Crippen LogP contribution in [-0.4, -0.2) is 84.9 Å². The van der Waals surface area contributed by atoms with Gasteiger partial charge in [0.15, 0.2) is 0 Å². The molecule has 3 aliphatic heterocycles. The Bertz CT molecular complexity index is 961. The average Bonchev–Trinajstić information content (AvgIpc) is 3.43. The number of thioether (sulfide) groups is 1. The Labute approximate surface area is 247 Å². The molecule has 220 valence electrons. The van der Waals surface area contributed by atoms with E-state index >= 15 is 0 Å². The van der Waals surface area contributed by atoms with Crippen molar-refractivity contribution in [3.05, 3.63) is 25.3 Å². The fourth-order valence-electron chi connectivity index (χ4n) is 7.23. The fourth-order valence-corrected chi connectivity index (χ4v) is 10.8. The molecule has 0 saturated carbocycles. The first-order chi connectivity index (χ1) is 18.2. The minimum absolute atomic E-state index is 0.0304. The Morgan fingerprint density at radius 1 is 1.28 bits per heavy atom. The van der Waals surface area contributed by atoms with Crippen molar-refractivity contribution < 1.29 is 24.2 Å². The molecule has 3 heterocycles. The second-order valence-corrected chi connectivity index (χ2v) is 15.8. The number of halogens is 1. The highest BCUT2D eigenvalue weighted by molar-refractivity contribution is 9.09. The Balaban J connectivity index is 2.08. The zero-order chi connectivity index (χ0) is 29.3. The number of hydrogen-bond donors (Lipinski definition) is 1. The molecule has 3 unspecified atom stereocenters. The maximum atomic E-state index is 14.8. The summed E-state index contributed by atoms with van der Waals surface area (Å²) in [7, 11) is 0. The fraction of sp³-hybridized carbons (Fsp3) is 0.767. The van der Waals surface area contributed by atoms with Gasteiger partial charge in [-0.3, -0.25) is 14.4 Å². The summed E-state index contributed by atoms with van der Waals surface area (Å²) >= 11 is 5.40. The van der Waals surface area contributed by atoms with Gasteiger partial charge < -0.3 is 19.6 Å². The molecule has 0 aromatic carbocycles. The molecule has 1 spiro atoms. The van der Waals surface area contributed by atoms with E-state index in [0.29, 0.717) is 25.8 Å². The highest BCUT2D eigenvalue weighted by atomic mass is 79.9. The summed E-state index contributed by atoms with van der Waals surface area (Å²) in [5.41, 5.74) is -0.541. The summed E-state index contributed by atoms with van der Waals surface area (Å²) in [4.78, 5) is 46.0. The largest absolute Gasteiger partial charge is 0.465 e. The van der Waals surface area contributed by atoms with E-state index in [1.165, 1.54) is 0 Å². The molecule has 3 rings (SSSR count). The third-order valence-corrected chi connectivity index (χ3v) is 11.6. The Hall–Kier alpha value is -1.32. The number of hydrogen-bond acceptors (Lipinski definition) is 6. The summed E-state index contributed by atoms with van der Waals surface area (Å²) in [5, 5.41) is 10.2. The number of esters is 1. The van der Waals surface area contributed by atoms with Crippen LogP contribution in [0.5, 0.6) is 0 Å². The van der Waals surface area contributed by atoms with Gasteiger partial charge in [-0.25, -0.2) is 0 Å². The molecule has 3 fully saturated rings. The van der Waals surface area contributed by atoms with Crippen LogP contribution in [-0.2, 0) is 19.1 Å². The molecule has 9 heteroatoms. The first kappa shape index (κ1) is 32.2. The van der Waals surface area contributed by atoms with E-state index in [1.807, 2.05) is 11.8 Å². The van der Waals surface area contributed by atoms with Gasteiger partial charge in [0.25, 0.3) is 0 Å². The minimum atomic E-state index is -0.792. The van der Waals surface area contributed by atoms with Crippen molar-refractivity contribution in [1.29, 1.82) is 0 Å². The van der Waals surface area contributed by atoms with Crippen LogP contribution >= 0.6 is 27.7 Å². The second-order valence-electron chi connectivity index (χ2n) is 13.0. The third-order valence-electron chi connectivity index (χ3n) is 8.38. The predicted octanol–water partition coefficient (Wildman–Crippen LogP) is 4.96. The van der Waals surface area contributed by atoms with Gasteiger partial charge >= 0.3 is 5.97 Å². The molecule has 2 bridgehead atoms. The number of unbranched alkanes of at least 4 members (excludes halogenated alkanes) is 1. The maximum Gasteiger partial charge on any atom is 0.310 e. The summed E-state index contributed by atoms with van der Waals surface area (Å²) in [6, 6.07) is -1.31. The second kappa shape index (κ2) is 12.3. The first-order valence-electron chi connectivity index (χ1n) is 14.2. The normalized spacial score (nSPS) is 30.7. The van der Waals surface area contributed by atoms with E-state index in [-0.39, 0.29) is 46.5 Å². The lowest BCUT2D eigenvalue weighted by atomic mass is 9.70. The number of ether oxygens (including phenoxy) is 1. The Morgan fingerprint density at radius 2 is 1.95 bits per heavy atom. The lowest BCUT2D eigenvalue weighted by molar-refractivity contribution is -0.154. The van der Waals surface area contributed by atoms with Crippen molar-refractivity contribution in [2.24, 2.45) is 17.3 Å². The smallest absolute Gasteiger partial charge is 0.310 e. The number of nitrogens with zero attached hydrogens (tertiary/aromatic N) is 2. The van der Waals surface area contributed by atoms with E-state index in [9.17, 15) is 19.5 Å². The van der Waals surface area contributed by atoms with Crippen LogP contribution in [0, 0.1) is 17.3 Å². The van der Waals surface area contributed by atoms with Crippen LogP contribution in [0.25, 0.3) is 0 Å². The van der Waals surface area contributed by atoms with Crippen LogP contribution in [0.2, 0.25) is 0 Å². The molecule has 7 nitrogen and oxygen atoms in total. The summed E-state index contributed by atoms with van der Waals surface area (Å²) < 4.78 is 4.89. The van der Waals surface area contributed by atoms with E-state index in [1.54, 1.807) is 28.8 Å². The van der Waals surface area contributed by atoms with Crippen LogP contribution in [0.4, 0.5) is 0 Å². The van der Waals surface area contributed by atoms with Crippen molar-refractivity contribution in [2.45, 2.75) is 106 Å². The molecule has 7 atom stereocenters. The number of allylic oxidation sites excluding steroid dienone is 1. The van der Waals surface area contributed by atoms with E-state index in [2.05, 4.69) is 63.7 Å². The highest BCUT2D eigenvalue weighted by Gasteiger charge is 2.76. The number of rotatable bonds is 13. The number of alkyl halides is 1. The third kappa shape index (κ3) is 6.01. The summed E-state index contributed by atoms with van der Waals surface area (Å²) in [5.74, 6) is -2.04. The molecule has 0 aromatic heterocycles. The average molecular weight is 628 g/mol. The SMILES string of the molecule is C=CCCCOC(=O)[C@H]1[C@H]2C(=O)N([C@@H](CC)CO)C(C(=O)N(CC=C)C(C)(C)CC(C)(C)C)C23CC(Br)[C@@H]1S3. The van der Waals surface area contributed by atoms with Gasteiger partial charge in [-0.05, 0) is 51.4 Å². The van der Waals surface area contributed by atoms with Crippen LogP contribution < -0.4 is 0 Å². The van der Waals surface area contributed by atoms with Crippen LogP contribution in [0.15, 0.2) is 25.3 Å². The van der Waals surface area contributed by atoms with E-state index < -0.39 is 34.2 Å². The van der Waals surface area contributed by atoms with Crippen molar-refractivity contribution in [1.82, 2.24) is 9.80 Å². The van der Waals surface area contributed by atoms with Gasteiger partial charge in [0.2, 0.25) is 11.8 Å². The summed E-state index contributed by atoms with van der Waals surface area (Å²) in [6.45, 7) is 20.5. The molecule has 39 heavy (non-hydrogen) atoms. The van der Waals surface area contributed by atoms with Gasteiger partial charge in [0.05, 0.1) is 35.8 Å². The molecular formula is C30H47BrN2O5S. The van der Waals surface area contributed by atoms with Gasteiger partial charge in [-0.15, -0.1) is 24.9 Å². The Morgan fingerprint density at radius 3 is 2.49 bits per heavy atom. The number of likely N-dealkylation sites (tertiary alicyclic amines) is 1. The number of aliphatic hydroxyl groups is 1. The quantitative estimate of drug-likeness (QED) is 0.135. The van der Waals surface area contributed by atoms with E-state index in [0.717, 1.165) is 12.8 Å². The minimum Gasteiger partial charge on any atom is -0.465 e. The molecule has 0 aliphatic carbocycles. The van der Waals surface area contributed by atoms with Gasteiger partial charge in [-0.2, -0.15) is 0 Å². The topological polar surface area (TPSA) is 87.1 Å². The number of amides is 2. The molecule has 3 saturated heterocycles. The van der Waals surface area contributed by atoms with Crippen LogP contribution in [0.1, 0.15) is 73.6 Å². The number of carbonyl (C=O) groups is 3. The maximum absolute atomic E-state index is 14.8. The molecule has 1 N–H and O–H groups in total. The molecule has 2 amide bonds. The number of carbonyl (C=O) groups excluding carboxylic acids is 3. The predicted molar refractivity (Wildman–Crippen MR) is 161 cm³/mol. The standard InChI is InChI=1S/C30H47BrN2O5S/c1-9-12-13-15-38-27(37)21-22-25(35)33(19(11-3)17-34)24(30(22)16-20(31)23(21)39-30)26(36)32(14-10-2)29(7,8)18-28(4,5)6/h9-10,19-24,34H,1-2,11-18H2,3-8H3/t19-,20?,21-,22-,23-,24?,30?/m0/s1. The van der Waals surface area contributed by atoms with E-state index in [4.69, 9.17) is 4.74 Å². The lowest BCUT2D eigenvalue weighted by Gasteiger charge is -2.46. The van der Waals surface area contributed by atoms with Crippen molar-refractivity contribution in [3.8, 4) is 0 Å². The van der Waals surface area contributed by atoms with Crippen molar-refractivity contribution in [2.75, 3.05) is 19.8 Å². The molecule has 0 radical (unpaired) electrons. The van der Waals surface area contributed by atoms with Crippen molar-refractivity contribution in [3.63, 3.8) is 0 Å². The number of fused-ring (bicyclic) bond motifs is 1. The van der Waals surface area contributed by atoms with Gasteiger partial charge in [0, 0.05) is 22.2 Å². The lowest BCUT2D eigenvalue weighted by Crippen LogP contribution is -2.61. The van der Waals surface area contributed by atoms with Gasteiger partial charge in [-0.1, -0.05) is 55.8 Å². The van der Waals surface area contributed by atoms with Crippen molar-refractivity contribution >= 4 is 45.5 Å². The molecule has 3 aliphatic rings. The monoisotopic (exact) mass is 626 g/mol. The summed E-state index contributed by atoms with van der Waals surface area (Å²) in [6.07, 6.45) is 6.79.